The SMILES string of the molecule is CCCC(C)NS(=O)(=O)c1cc(F)c(Cl)c(CNCC)c1. The third kappa shape index (κ3) is 5.21. The molecule has 0 fully saturated rings. The first-order chi connectivity index (χ1) is 9.81. The van der Waals surface area contributed by atoms with E-state index >= 15 is 0 Å². The fourth-order valence-electron chi connectivity index (χ4n) is 1.99. The maximum Gasteiger partial charge on any atom is 0.240 e. The van der Waals surface area contributed by atoms with E-state index in [1.807, 2.05) is 13.8 Å². The summed E-state index contributed by atoms with van der Waals surface area (Å²) in [5.74, 6) is -0.726. The van der Waals surface area contributed by atoms with E-state index in [4.69, 9.17) is 11.6 Å². The third-order valence-corrected chi connectivity index (χ3v) is 5.02. The Morgan fingerprint density at radius 2 is 2.00 bits per heavy atom. The van der Waals surface area contributed by atoms with Gasteiger partial charge in [0, 0.05) is 12.6 Å². The van der Waals surface area contributed by atoms with E-state index in [1.165, 1.54) is 6.07 Å². The minimum absolute atomic E-state index is 0.0449. The van der Waals surface area contributed by atoms with Crippen LogP contribution in [0.1, 0.15) is 39.2 Å². The zero-order valence-corrected chi connectivity index (χ0v) is 14.1. The molecule has 0 amide bonds. The van der Waals surface area contributed by atoms with Crippen LogP contribution in [0.15, 0.2) is 17.0 Å². The summed E-state index contributed by atoms with van der Waals surface area (Å²) < 4.78 is 40.9. The monoisotopic (exact) mass is 336 g/mol. The second-order valence-electron chi connectivity index (χ2n) is 4.97. The predicted molar refractivity (Wildman–Crippen MR) is 83.5 cm³/mol. The van der Waals surface area contributed by atoms with E-state index in [0.29, 0.717) is 18.7 Å². The molecule has 0 radical (unpaired) electrons. The van der Waals surface area contributed by atoms with E-state index in [9.17, 15) is 12.8 Å². The summed E-state index contributed by atoms with van der Waals surface area (Å²) in [6.45, 7) is 6.66. The van der Waals surface area contributed by atoms with Gasteiger partial charge in [-0.25, -0.2) is 17.5 Å². The summed E-state index contributed by atoms with van der Waals surface area (Å²) in [7, 11) is -3.74. The van der Waals surface area contributed by atoms with E-state index in [2.05, 4.69) is 10.0 Å². The summed E-state index contributed by atoms with van der Waals surface area (Å²) in [5.41, 5.74) is 0.432. The van der Waals surface area contributed by atoms with Crippen LogP contribution in [0.5, 0.6) is 0 Å². The summed E-state index contributed by atoms with van der Waals surface area (Å²) in [6.07, 6.45) is 1.59. The topological polar surface area (TPSA) is 58.2 Å². The number of hydrogen-bond acceptors (Lipinski definition) is 3. The molecule has 21 heavy (non-hydrogen) atoms. The van der Waals surface area contributed by atoms with Crippen LogP contribution in [0.2, 0.25) is 5.02 Å². The van der Waals surface area contributed by atoms with Crippen molar-refractivity contribution in [3.8, 4) is 0 Å². The zero-order valence-electron chi connectivity index (χ0n) is 12.5. The van der Waals surface area contributed by atoms with Gasteiger partial charge in [0.05, 0.1) is 9.92 Å². The maximum absolute atomic E-state index is 13.8. The molecule has 1 aromatic carbocycles. The van der Waals surface area contributed by atoms with Gasteiger partial charge in [-0.05, 0) is 37.6 Å². The van der Waals surface area contributed by atoms with Crippen molar-refractivity contribution >= 4 is 21.6 Å². The predicted octanol–water partition coefficient (Wildman–Crippen LogP) is 3.06. The smallest absolute Gasteiger partial charge is 0.240 e. The average Bonchev–Trinajstić information content (AvgIpc) is 2.39. The van der Waals surface area contributed by atoms with Gasteiger partial charge in [0.2, 0.25) is 10.0 Å². The lowest BCUT2D eigenvalue weighted by Gasteiger charge is -2.15. The Hall–Kier alpha value is -0.690. The first-order valence-electron chi connectivity index (χ1n) is 7.02. The average molecular weight is 337 g/mol. The van der Waals surface area contributed by atoms with Crippen LogP contribution >= 0.6 is 11.6 Å². The van der Waals surface area contributed by atoms with Crippen molar-refractivity contribution < 1.29 is 12.8 Å². The summed E-state index contributed by atoms with van der Waals surface area (Å²) in [6, 6.07) is 2.17. The first kappa shape index (κ1) is 18.4. The van der Waals surface area contributed by atoms with Crippen molar-refractivity contribution in [3.05, 3.63) is 28.5 Å². The van der Waals surface area contributed by atoms with Crippen LogP contribution < -0.4 is 10.0 Å². The quantitative estimate of drug-likeness (QED) is 0.767. The summed E-state index contributed by atoms with van der Waals surface area (Å²) in [4.78, 5) is -0.0970. The van der Waals surface area contributed by atoms with Crippen LogP contribution in [0.25, 0.3) is 0 Å². The van der Waals surface area contributed by atoms with E-state index in [-0.39, 0.29) is 16.0 Å². The van der Waals surface area contributed by atoms with Gasteiger partial charge in [-0.1, -0.05) is 31.9 Å². The Morgan fingerprint density at radius 3 is 2.57 bits per heavy atom. The number of nitrogens with one attached hydrogen (secondary N) is 2. The highest BCUT2D eigenvalue weighted by molar-refractivity contribution is 7.89. The minimum atomic E-state index is -3.74. The lowest BCUT2D eigenvalue weighted by atomic mass is 10.2. The number of benzene rings is 1. The Bertz CT molecular complexity index is 579. The first-order valence-corrected chi connectivity index (χ1v) is 8.88. The number of sulfonamides is 1. The lowest BCUT2D eigenvalue weighted by Crippen LogP contribution is -2.32. The highest BCUT2D eigenvalue weighted by Crippen LogP contribution is 2.24. The van der Waals surface area contributed by atoms with Gasteiger partial charge >= 0.3 is 0 Å². The van der Waals surface area contributed by atoms with Crippen molar-refractivity contribution in [3.63, 3.8) is 0 Å². The van der Waals surface area contributed by atoms with Crippen molar-refractivity contribution in [1.82, 2.24) is 10.0 Å². The zero-order chi connectivity index (χ0) is 16.0. The summed E-state index contributed by atoms with van der Waals surface area (Å²) in [5, 5.41) is 2.96. The van der Waals surface area contributed by atoms with Gasteiger partial charge in [0.15, 0.2) is 0 Å². The molecule has 0 heterocycles. The van der Waals surface area contributed by atoms with Crippen molar-refractivity contribution in [2.24, 2.45) is 0 Å². The molecule has 4 nitrogen and oxygen atoms in total. The molecule has 120 valence electrons. The molecule has 2 N–H and O–H groups in total. The van der Waals surface area contributed by atoms with E-state index in [0.717, 1.165) is 18.9 Å². The van der Waals surface area contributed by atoms with E-state index in [1.54, 1.807) is 6.92 Å². The fraction of sp³-hybridized carbons (Fsp3) is 0.571. The van der Waals surface area contributed by atoms with Gasteiger partial charge in [0.25, 0.3) is 0 Å². The molecular formula is C14H22ClFN2O2S. The van der Waals surface area contributed by atoms with Crippen LogP contribution in [-0.2, 0) is 16.6 Å². The van der Waals surface area contributed by atoms with Gasteiger partial charge < -0.3 is 5.32 Å². The molecule has 1 rings (SSSR count). The molecule has 0 aliphatic heterocycles. The number of rotatable bonds is 8. The Balaban J connectivity index is 3.09. The molecular weight excluding hydrogens is 315 g/mol. The Kier molecular flexibility index (Phi) is 7.06. The minimum Gasteiger partial charge on any atom is -0.313 e. The van der Waals surface area contributed by atoms with Gasteiger partial charge in [-0.3, -0.25) is 0 Å². The molecule has 7 heteroatoms. The van der Waals surface area contributed by atoms with Crippen LogP contribution in [0.3, 0.4) is 0 Å². The molecule has 1 aromatic rings. The number of hydrogen-bond donors (Lipinski definition) is 2. The number of halogens is 2. The van der Waals surface area contributed by atoms with Gasteiger partial charge in [0.1, 0.15) is 5.82 Å². The van der Waals surface area contributed by atoms with Crippen LogP contribution in [0.4, 0.5) is 4.39 Å². The molecule has 0 saturated heterocycles. The molecule has 0 saturated carbocycles. The lowest BCUT2D eigenvalue weighted by molar-refractivity contribution is 0.541. The fourth-order valence-corrected chi connectivity index (χ4v) is 3.50. The highest BCUT2D eigenvalue weighted by atomic mass is 35.5. The van der Waals surface area contributed by atoms with Crippen molar-refractivity contribution in [1.29, 1.82) is 0 Å². The largest absolute Gasteiger partial charge is 0.313 e. The Morgan fingerprint density at radius 1 is 1.33 bits per heavy atom. The molecule has 1 atom stereocenters. The van der Waals surface area contributed by atoms with Crippen LogP contribution in [-0.4, -0.2) is 21.0 Å². The molecule has 0 aromatic heterocycles. The van der Waals surface area contributed by atoms with Crippen molar-refractivity contribution in [2.75, 3.05) is 6.54 Å². The molecule has 0 bridgehead atoms. The van der Waals surface area contributed by atoms with Crippen molar-refractivity contribution in [2.45, 2.75) is 51.1 Å². The second kappa shape index (κ2) is 8.08. The molecule has 0 aliphatic rings. The normalized spacial score (nSPS) is 13.4. The van der Waals surface area contributed by atoms with E-state index < -0.39 is 15.8 Å². The molecule has 1 unspecified atom stereocenters. The standard InChI is InChI=1S/C14H22ClFN2O2S/c1-4-6-10(3)18-21(19,20)12-7-11(9-17-5-2)14(15)13(16)8-12/h7-8,10,17-18H,4-6,9H2,1-3H3. The second-order valence-corrected chi connectivity index (χ2v) is 7.06. The summed E-state index contributed by atoms with van der Waals surface area (Å²) >= 11 is 5.88. The van der Waals surface area contributed by atoms with Gasteiger partial charge in [-0.15, -0.1) is 0 Å². The Labute approximate surface area is 131 Å². The van der Waals surface area contributed by atoms with Gasteiger partial charge in [-0.2, -0.15) is 0 Å². The molecule has 0 aliphatic carbocycles. The third-order valence-electron chi connectivity index (χ3n) is 3.03. The molecule has 0 spiro atoms. The highest BCUT2D eigenvalue weighted by Gasteiger charge is 2.20. The maximum atomic E-state index is 13.8. The van der Waals surface area contributed by atoms with Crippen LogP contribution in [0, 0.1) is 5.82 Å².